The zero-order valence-electron chi connectivity index (χ0n) is 9.04. The van der Waals surface area contributed by atoms with E-state index >= 15 is 0 Å². The Morgan fingerprint density at radius 3 is 2.43 bits per heavy atom. The van der Waals surface area contributed by atoms with E-state index in [4.69, 9.17) is 5.73 Å². The molecule has 4 atom stereocenters. The van der Waals surface area contributed by atoms with E-state index in [1.165, 1.54) is 32.1 Å². The van der Waals surface area contributed by atoms with Gasteiger partial charge in [-0.2, -0.15) is 0 Å². The second-order valence-corrected chi connectivity index (χ2v) is 5.07. The summed E-state index contributed by atoms with van der Waals surface area (Å²) >= 11 is 0. The summed E-state index contributed by atoms with van der Waals surface area (Å²) in [6, 6.07) is 0.371. The lowest BCUT2D eigenvalue weighted by atomic mass is 9.63. The average molecular weight is 195 g/mol. The summed E-state index contributed by atoms with van der Waals surface area (Å²) in [5.41, 5.74) is 6.14. The molecule has 80 valence electrons. The van der Waals surface area contributed by atoms with E-state index < -0.39 is 0 Å². The standard InChI is InChI=1S/C12H21NO/c1-8(14)9-4-2-6-11-10(9)5-3-7-12(11)13/h9-12H,2-7,13H2,1H3/t9-,10?,11?,12+/m0/s1. The molecule has 2 aliphatic rings. The van der Waals surface area contributed by atoms with Gasteiger partial charge in [0.25, 0.3) is 0 Å². The molecule has 0 aliphatic heterocycles. The van der Waals surface area contributed by atoms with Crippen LogP contribution in [0.3, 0.4) is 0 Å². The quantitative estimate of drug-likeness (QED) is 0.696. The first-order valence-electron chi connectivity index (χ1n) is 5.96. The van der Waals surface area contributed by atoms with Crippen molar-refractivity contribution in [3.05, 3.63) is 0 Å². The lowest BCUT2D eigenvalue weighted by Crippen LogP contribution is -2.45. The highest BCUT2D eigenvalue weighted by molar-refractivity contribution is 5.78. The third-order valence-corrected chi connectivity index (χ3v) is 4.27. The molecule has 2 fully saturated rings. The number of carbonyl (C=O) groups is 1. The number of rotatable bonds is 1. The maximum Gasteiger partial charge on any atom is 0.133 e. The first kappa shape index (κ1) is 10.2. The lowest BCUT2D eigenvalue weighted by Gasteiger charge is -2.43. The highest BCUT2D eigenvalue weighted by Crippen LogP contribution is 2.43. The maximum atomic E-state index is 11.5. The Morgan fingerprint density at radius 2 is 1.71 bits per heavy atom. The van der Waals surface area contributed by atoms with Crippen molar-refractivity contribution < 1.29 is 4.79 Å². The number of ketones is 1. The van der Waals surface area contributed by atoms with Gasteiger partial charge in [-0.15, -0.1) is 0 Å². The van der Waals surface area contributed by atoms with E-state index in [1.54, 1.807) is 6.92 Å². The Bertz CT molecular complexity index is 226. The predicted octanol–water partition coefficient (Wildman–Crippen LogP) is 2.12. The van der Waals surface area contributed by atoms with Gasteiger partial charge in [0.2, 0.25) is 0 Å². The fourth-order valence-corrected chi connectivity index (χ4v) is 3.55. The smallest absolute Gasteiger partial charge is 0.133 e. The van der Waals surface area contributed by atoms with Crippen LogP contribution in [0.4, 0.5) is 0 Å². The fourth-order valence-electron chi connectivity index (χ4n) is 3.55. The molecule has 14 heavy (non-hydrogen) atoms. The number of hydrogen-bond donors (Lipinski definition) is 1. The van der Waals surface area contributed by atoms with Gasteiger partial charge in [0.05, 0.1) is 0 Å². The van der Waals surface area contributed by atoms with Gasteiger partial charge in [-0.25, -0.2) is 0 Å². The molecular formula is C12H21NO. The normalized spacial score (nSPS) is 43.0. The fraction of sp³-hybridized carbons (Fsp3) is 0.917. The van der Waals surface area contributed by atoms with E-state index in [9.17, 15) is 4.79 Å². The number of nitrogens with two attached hydrogens (primary N) is 1. The van der Waals surface area contributed by atoms with Crippen LogP contribution >= 0.6 is 0 Å². The number of hydrogen-bond acceptors (Lipinski definition) is 2. The van der Waals surface area contributed by atoms with Gasteiger partial charge in [0, 0.05) is 12.0 Å². The van der Waals surface area contributed by atoms with Crippen LogP contribution in [0.25, 0.3) is 0 Å². The molecule has 2 aliphatic carbocycles. The van der Waals surface area contributed by atoms with Gasteiger partial charge in [0.15, 0.2) is 0 Å². The summed E-state index contributed by atoms with van der Waals surface area (Å²) < 4.78 is 0. The monoisotopic (exact) mass is 195 g/mol. The number of fused-ring (bicyclic) bond motifs is 1. The molecule has 0 saturated heterocycles. The zero-order valence-corrected chi connectivity index (χ0v) is 9.04. The molecule has 2 heteroatoms. The second kappa shape index (κ2) is 4.01. The van der Waals surface area contributed by atoms with Crippen molar-refractivity contribution in [1.82, 2.24) is 0 Å². The van der Waals surface area contributed by atoms with E-state index in [0.29, 0.717) is 29.6 Å². The predicted molar refractivity (Wildman–Crippen MR) is 56.8 cm³/mol. The topological polar surface area (TPSA) is 43.1 Å². The third kappa shape index (κ3) is 1.72. The first-order chi connectivity index (χ1) is 6.70. The summed E-state index contributed by atoms with van der Waals surface area (Å²) in [6.07, 6.45) is 7.22. The van der Waals surface area contributed by atoms with Crippen molar-refractivity contribution in [2.24, 2.45) is 23.5 Å². The van der Waals surface area contributed by atoms with Gasteiger partial charge >= 0.3 is 0 Å². The van der Waals surface area contributed by atoms with E-state index in [1.807, 2.05) is 0 Å². The molecule has 0 radical (unpaired) electrons. The molecule has 2 unspecified atom stereocenters. The average Bonchev–Trinajstić information content (AvgIpc) is 2.17. The Morgan fingerprint density at radius 1 is 1.07 bits per heavy atom. The molecule has 0 aromatic heterocycles. The van der Waals surface area contributed by atoms with Gasteiger partial charge < -0.3 is 5.73 Å². The van der Waals surface area contributed by atoms with Crippen molar-refractivity contribution in [2.45, 2.75) is 51.5 Å². The van der Waals surface area contributed by atoms with Crippen LogP contribution < -0.4 is 5.73 Å². The summed E-state index contributed by atoms with van der Waals surface area (Å²) in [6.45, 7) is 1.76. The van der Waals surface area contributed by atoms with Crippen molar-refractivity contribution >= 4 is 5.78 Å². The minimum atomic E-state index is 0.333. The molecule has 2 N–H and O–H groups in total. The second-order valence-electron chi connectivity index (χ2n) is 5.07. The van der Waals surface area contributed by atoms with Crippen LogP contribution in [0.2, 0.25) is 0 Å². The van der Waals surface area contributed by atoms with Crippen molar-refractivity contribution in [1.29, 1.82) is 0 Å². The Labute approximate surface area is 86.2 Å². The molecule has 0 aromatic carbocycles. The van der Waals surface area contributed by atoms with Crippen LogP contribution in [0.15, 0.2) is 0 Å². The van der Waals surface area contributed by atoms with Gasteiger partial charge in [0.1, 0.15) is 5.78 Å². The zero-order chi connectivity index (χ0) is 10.1. The van der Waals surface area contributed by atoms with Crippen LogP contribution in [-0.4, -0.2) is 11.8 Å². The highest BCUT2D eigenvalue weighted by atomic mass is 16.1. The molecule has 0 bridgehead atoms. The van der Waals surface area contributed by atoms with Gasteiger partial charge in [-0.3, -0.25) is 4.79 Å². The molecule has 2 nitrogen and oxygen atoms in total. The van der Waals surface area contributed by atoms with E-state index in [-0.39, 0.29) is 0 Å². The summed E-state index contributed by atoms with van der Waals surface area (Å²) in [5, 5.41) is 0. The van der Waals surface area contributed by atoms with Crippen molar-refractivity contribution in [2.75, 3.05) is 0 Å². The Hall–Kier alpha value is -0.370. The van der Waals surface area contributed by atoms with Crippen LogP contribution in [-0.2, 0) is 4.79 Å². The summed E-state index contributed by atoms with van der Waals surface area (Å²) in [5.74, 6) is 1.99. The van der Waals surface area contributed by atoms with Crippen LogP contribution in [0.5, 0.6) is 0 Å². The molecule has 0 amide bonds. The number of Topliss-reactive ketones (excluding diaryl/α,β-unsaturated/α-hetero) is 1. The van der Waals surface area contributed by atoms with Crippen molar-refractivity contribution in [3.8, 4) is 0 Å². The Kier molecular flexibility index (Phi) is 2.91. The van der Waals surface area contributed by atoms with Crippen molar-refractivity contribution in [3.63, 3.8) is 0 Å². The van der Waals surface area contributed by atoms with Crippen LogP contribution in [0, 0.1) is 17.8 Å². The molecule has 0 aromatic rings. The SMILES string of the molecule is CC(=O)[C@@H]1CCCC2C1CCC[C@H]2N. The Balaban J connectivity index is 2.11. The highest BCUT2D eigenvalue weighted by Gasteiger charge is 2.40. The molecule has 0 heterocycles. The molecule has 2 rings (SSSR count). The summed E-state index contributed by atoms with van der Waals surface area (Å²) in [7, 11) is 0. The van der Waals surface area contributed by atoms with E-state index in [2.05, 4.69) is 0 Å². The first-order valence-corrected chi connectivity index (χ1v) is 5.96. The van der Waals surface area contributed by atoms with E-state index in [0.717, 1.165) is 6.42 Å². The maximum absolute atomic E-state index is 11.5. The molecular weight excluding hydrogens is 174 g/mol. The molecule has 2 saturated carbocycles. The van der Waals surface area contributed by atoms with Crippen LogP contribution in [0.1, 0.15) is 45.4 Å². The third-order valence-electron chi connectivity index (χ3n) is 4.27. The van der Waals surface area contributed by atoms with Gasteiger partial charge in [-0.1, -0.05) is 12.8 Å². The van der Waals surface area contributed by atoms with Gasteiger partial charge in [-0.05, 0) is 44.4 Å². The summed E-state index contributed by atoms with van der Waals surface area (Å²) in [4.78, 5) is 11.5. The largest absolute Gasteiger partial charge is 0.327 e. The minimum absolute atomic E-state index is 0.333. The number of carbonyl (C=O) groups excluding carboxylic acids is 1. The molecule has 0 spiro atoms. The minimum Gasteiger partial charge on any atom is -0.327 e. The lowest BCUT2D eigenvalue weighted by molar-refractivity contribution is -0.125.